The average molecular weight is 245 g/mol. The molecule has 1 rings (SSSR count). The number of hydrogen-bond acceptors (Lipinski definition) is 5. The highest BCUT2D eigenvalue weighted by molar-refractivity contribution is 7.81. The molecule has 6 heteroatoms. The fourth-order valence-electron chi connectivity index (χ4n) is 0.668. The van der Waals surface area contributed by atoms with E-state index in [0.717, 1.165) is 25.5 Å². The third-order valence-corrected chi connectivity index (χ3v) is 2.39. The molecule has 16 heavy (non-hydrogen) atoms. The maximum absolute atomic E-state index is 9.92. The van der Waals surface area contributed by atoms with Crippen LogP contribution < -0.4 is 0 Å². The summed E-state index contributed by atoms with van der Waals surface area (Å²) in [7, 11) is -1.60. The van der Waals surface area contributed by atoms with Gasteiger partial charge in [0, 0.05) is 11.9 Å². The first-order chi connectivity index (χ1) is 7.45. The van der Waals surface area contributed by atoms with Crippen molar-refractivity contribution in [3.8, 4) is 0 Å². The van der Waals surface area contributed by atoms with Crippen LogP contribution in [-0.2, 0) is 18.8 Å². The molecule has 1 heterocycles. The van der Waals surface area contributed by atoms with E-state index in [-0.39, 0.29) is 0 Å². The van der Waals surface area contributed by atoms with Crippen LogP contribution in [0.1, 0.15) is 11.3 Å². The molecule has 90 valence electrons. The van der Waals surface area contributed by atoms with Crippen molar-refractivity contribution in [2.75, 3.05) is 14.2 Å². The minimum Gasteiger partial charge on any atom is -0.261 e. The van der Waals surface area contributed by atoms with Crippen molar-refractivity contribution < 1.29 is 16.8 Å². The van der Waals surface area contributed by atoms with Gasteiger partial charge in [0.25, 0.3) is 0 Å². The quantitative estimate of drug-likeness (QED) is 0.808. The van der Waals surface area contributed by atoms with E-state index in [1.165, 1.54) is 0 Å². The normalized spacial score (nSPS) is 10.2. The fourth-order valence-corrected chi connectivity index (χ4v) is 0.804. The third-order valence-electron chi connectivity index (χ3n) is 1.58. The second kappa shape index (κ2) is 7.10. The molecule has 0 aliphatic carbocycles. The van der Waals surface area contributed by atoms with Gasteiger partial charge in [-0.25, -0.2) is 0 Å². The van der Waals surface area contributed by atoms with Gasteiger partial charge in [-0.15, -0.1) is 0 Å². The Labute approximate surface area is 96.1 Å². The SMILES string of the molecule is C=Cc1ccc(C)nc1.COS(=O)(=O)OC. The second-order valence-corrected chi connectivity index (χ2v) is 4.16. The summed E-state index contributed by atoms with van der Waals surface area (Å²) in [5.41, 5.74) is 2.11. The van der Waals surface area contributed by atoms with Gasteiger partial charge < -0.3 is 0 Å². The van der Waals surface area contributed by atoms with E-state index in [2.05, 4.69) is 19.9 Å². The highest BCUT2D eigenvalue weighted by atomic mass is 32.3. The van der Waals surface area contributed by atoms with Gasteiger partial charge in [0.1, 0.15) is 0 Å². The summed E-state index contributed by atoms with van der Waals surface area (Å²) in [5, 5.41) is 0. The number of hydrogen-bond donors (Lipinski definition) is 0. The number of nitrogens with zero attached hydrogens (tertiary/aromatic N) is 1. The van der Waals surface area contributed by atoms with Crippen LogP contribution in [0.15, 0.2) is 24.9 Å². The van der Waals surface area contributed by atoms with E-state index < -0.39 is 10.4 Å². The van der Waals surface area contributed by atoms with Gasteiger partial charge in [0.15, 0.2) is 0 Å². The van der Waals surface area contributed by atoms with Crippen LogP contribution >= 0.6 is 0 Å². The van der Waals surface area contributed by atoms with Gasteiger partial charge in [-0.05, 0) is 18.6 Å². The lowest BCUT2D eigenvalue weighted by Crippen LogP contribution is -2.02. The molecule has 0 N–H and O–H groups in total. The molecule has 0 saturated carbocycles. The Kier molecular flexibility index (Phi) is 6.55. The van der Waals surface area contributed by atoms with Crippen LogP contribution in [0.4, 0.5) is 0 Å². The summed E-state index contributed by atoms with van der Waals surface area (Å²) < 4.78 is 27.5. The Morgan fingerprint density at radius 1 is 1.31 bits per heavy atom. The lowest BCUT2D eigenvalue weighted by molar-refractivity contribution is 0.286. The predicted molar refractivity (Wildman–Crippen MR) is 62.0 cm³/mol. The van der Waals surface area contributed by atoms with E-state index in [9.17, 15) is 8.42 Å². The molecule has 0 spiro atoms. The Balaban J connectivity index is 0.000000293. The number of aryl methyl sites for hydroxylation is 1. The Morgan fingerprint density at radius 3 is 2.12 bits per heavy atom. The number of rotatable bonds is 3. The zero-order chi connectivity index (χ0) is 12.6. The van der Waals surface area contributed by atoms with Gasteiger partial charge >= 0.3 is 10.4 Å². The standard InChI is InChI=1S/C8H9N.C2H6O4S/c1-3-8-5-4-7(2)9-6-8;1-5-7(3,4)6-2/h3-6H,1H2,2H3;1-2H3. The average Bonchev–Trinajstić information content (AvgIpc) is 2.31. The molecule has 0 saturated heterocycles. The molecule has 0 unspecified atom stereocenters. The Bertz CT molecular complexity index is 401. The first kappa shape index (κ1) is 14.8. The van der Waals surface area contributed by atoms with Crippen molar-refractivity contribution >= 4 is 16.5 Å². The Morgan fingerprint density at radius 2 is 1.88 bits per heavy atom. The maximum atomic E-state index is 9.92. The van der Waals surface area contributed by atoms with E-state index >= 15 is 0 Å². The minimum absolute atomic E-state index is 1.03. The van der Waals surface area contributed by atoms with Crippen LogP contribution in [0, 0.1) is 6.92 Å². The third kappa shape index (κ3) is 6.28. The van der Waals surface area contributed by atoms with Gasteiger partial charge in [0.2, 0.25) is 0 Å². The molecule has 0 atom stereocenters. The molecule has 0 amide bonds. The van der Waals surface area contributed by atoms with E-state index in [1.807, 2.05) is 25.3 Å². The maximum Gasteiger partial charge on any atom is 0.399 e. The molecule has 1 aromatic heterocycles. The van der Waals surface area contributed by atoms with Crippen LogP contribution in [0.3, 0.4) is 0 Å². The van der Waals surface area contributed by atoms with Crippen molar-refractivity contribution in [1.82, 2.24) is 4.98 Å². The predicted octanol–water partition coefficient (Wildman–Crippen LogP) is 1.56. The molecular weight excluding hydrogens is 230 g/mol. The molecule has 0 aliphatic rings. The van der Waals surface area contributed by atoms with Crippen molar-refractivity contribution in [3.63, 3.8) is 0 Å². The van der Waals surface area contributed by atoms with E-state index in [4.69, 9.17) is 0 Å². The minimum atomic E-state index is -3.66. The van der Waals surface area contributed by atoms with Crippen molar-refractivity contribution in [1.29, 1.82) is 0 Å². The summed E-state index contributed by atoms with van der Waals surface area (Å²) in [6.45, 7) is 5.59. The van der Waals surface area contributed by atoms with Crippen molar-refractivity contribution in [2.24, 2.45) is 0 Å². The van der Waals surface area contributed by atoms with Gasteiger partial charge in [-0.2, -0.15) is 8.42 Å². The smallest absolute Gasteiger partial charge is 0.261 e. The van der Waals surface area contributed by atoms with Crippen molar-refractivity contribution in [3.05, 3.63) is 36.2 Å². The number of pyridine rings is 1. The summed E-state index contributed by atoms with van der Waals surface area (Å²) in [6.07, 6.45) is 3.59. The van der Waals surface area contributed by atoms with E-state index in [0.29, 0.717) is 0 Å². The van der Waals surface area contributed by atoms with E-state index in [1.54, 1.807) is 6.08 Å². The summed E-state index contributed by atoms with van der Waals surface area (Å²) in [4.78, 5) is 4.08. The van der Waals surface area contributed by atoms with Crippen molar-refractivity contribution in [2.45, 2.75) is 6.92 Å². The first-order valence-corrected chi connectivity index (χ1v) is 5.69. The number of aromatic nitrogens is 1. The van der Waals surface area contributed by atoms with Crippen LogP contribution in [0.2, 0.25) is 0 Å². The monoisotopic (exact) mass is 245 g/mol. The summed E-state index contributed by atoms with van der Waals surface area (Å²) in [5.74, 6) is 0. The molecule has 0 fully saturated rings. The molecule has 0 bridgehead atoms. The first-order valence-electron chi connectivity index (χ1n) is 4.36. The Hall–Kier alpha value is -1.24. The lowest BCUT2D eigenvalue weighted by Gasteiger charge is -1.91. The van der Waals surface area contributed by atoms with Gasteiger partial charge in [-0.3, -0.25) is 13.4 Å². The highest BCUT2D eigenvalue weighted by Crippen LogP contribution is 1.98. The highest BCUT2D eigenvalue weighted by Gasteiger charge is 2.01. The zero-order valence-corrected chi connectivity index (χ0v) is 10.3. The molecule has 1 aromatic rings. The molecule has 0 aromatic carbocycles. The molecule has 0 aliphatic heterocycles. The lowest BCUT2D eigenvalue weighted by atomic mass is 10.2. The largest absolute Gasteiger partial charge is 0.399 e. The summed E-state index contributed by atoms with van der Waals surface area (Å²) >= 11 is 0. The van der Waals surface area contributed by atoms with Crippen LogP contribution in [0.25, 0.3) is 6.08 Å². The second-order valence-electron chi connectivity index (χ2n) is 2.68. The van der Waals surface area contributed by atoms with Crippen LogP contribution in [-0.4, -0.2) is 27.6 Å². The molecular formula is C10H15NO4S. The zero-order valence-electron chi connectivity index (χ0n) is 9.50. The van der Waals surface area contributed by atoms with Crippen LogP contribution in [0.5, 0.6) is 0 Å². The van der Waals surface area contributed by atoms with Gasteiger partial charge in [-0.1, -0.05) is 18.7 Å². The molecule has 5 nitrogen and oxygen atoms in total. The topological polar surface area (TPSA) is 65.5 Å². The molecule has 0 radical (unpaired) electrons. The summed E-state index contributed by atoms with van der Waals surface area (Å²) in [6, 6.07) is 3.96. The van der Waals surface area contributed by atoms with Gasteiger partial charge in [0.05, 0.1) is 14.2 Å². The fraction of sp³-hybridized carbons (Fsp3) is 0.300.